The maximum Gasteiger partial charge on any atom is 0.279 e. The normalized spacial score (nSPS) is 11.6. The smallest absolute Gasteiger partial charge is 0.279 e. The Bertz CT molecular complexity index is 796. The molecule has 0 bridgehead atoms. The summed E-state index contributed by atoms with van der Waals surface area (Å²) >= 11 is 0. The van der Waals surface area contributed by atoms with E-state index in [1.807, 2.05) is 50.2 Å². The van der Waals surface area contributed by atoms with E-state index in [1.165, 1.54) is 0 Å². The minimum atomic E-state index is -0.0424. The molecule has 2 aromatic carbocycles. The zero-order chi connectivity index (χ0) is 18.9. The van der Waals surface area contributed by atoms with Gasteiger partial charge in [0.2, 0.25) is 0 Å². The van der Waals surface area contributed by atoms with Crippen LogP contribution in [0.2, 0.25) is 0 Å². The summed E-state index contributed by atoms with van der Waals surface area (Å²) in [6.45, 7) is 6.20. The van der Waals surface area contributed by atoms with Gasteiger partial charge in [0.15, 0.2) is 6.54 Å². The van der Waals surface area contributed by atoms with Gasteiger partial charge in [0.25, 0.3) is 5.91 Å². The van der Waals surface area contributed by atoms with Crippen molar-refractivity contribution < 1.29 is 14.4 Å². The third kappa shape index (κ3) is 5.41. The molecule has 0 aliphatic carbocycles. The molecule has 2 rings (SSSR count). The van der Waals surface area contributed by atoms with Crippen LogP contribution < -0.4 is 10.2 Å². The van der Waals surface area contributed by atoms with Gasteiger partial charge in [-0.05, 0) is 37.1 Å². The molecule has 5 nitrogen and oxygen atoms in total. The predicted molar refractivity (Wildman–Crippen MR) is 102 cm³/mol. The molecule has 0 fully saturated rings. The zero-order valence-corrected chi connectivity index (χ0v) is 15.6. The third-order valence-electron chi connectivity index (χ3n) is 4.53. The van der Waals surface area contributed by atoms with Crippen molar-refractivity contribution >= 4 is 11.6 Å². The van der Waals surface area contributed by atoms with E-state index in [9.17, 15) is 10.1 Å². The fourth-order valence-electron chi connectivity index (χ4n) is 2.85. The number of nitriles is 1. The van der Waals surface area contributed by atoms with Crippen molar-refractivity contribution in [1.29, 1.82) is 5.26 Å². The van der Waals surface area contributed by atoms with E-state index in [0.29, 0.717) is 31.8 Å². The van der Waals surface area contributed by atoms with Crippen molar-refractivity contribution in [3.8, 4) is 6.07 Å². The Kier molecular flexibility index (Phi) is 7.34. The van der Waals surface area contributed by atoms with Crippen molar-refractivity contribution in [2.24, 2.45) is 0 Å². The number of methoxy groups -OCH3 is 1. The first-order valence-corrected chi connectivity index (χ1v) is 8.71. The summed E-state index contributed by atoms with van der Waals surface area (Å²) < 4.78 is 5.18. The van der Waals surface area contributed by atoms with Gasteiger partial charge >= 0.3 is 0 Å². The Morgan fingerprint density at radius 2 is 1.96 bits per heavy atom. The second kappa shape index (κ2) is 9.71. The Morgan fingerprint density at radius 3 is 2.69 bits per heavy atom. The maximum atomic E-state index is 12.6. The Morgan fingerprint density at radius 1 is 1.19 bits per heavy atom. The fraction of sp³-hybridized carbons (Fsp3) is 0.333. The molecular weight excluding hydrogens is 326 g/mol. The van der Waals surface area contributed by atoms with Gasteiger partial charge in [-0.3, -0.25) is 4.79 Å². The topological polar surface area (TPSA) is 66.6 Å². The van der Waals surface area contributed by atoms with Crippen LogP contribution in [0.5, 0.6) is 0 Å². The first-order valence-electron chi connectivity index (χ1n) is 8.71. The highest BCUT2D eigenvalue weighted by atomic mass is 16.5. The van der Waals surface area contributed by atoms with Crippen molar-refractivity contribution in [3.63, 3.8) is 0 Å². The highest BCUT2D eigenvalue weighted by molar-refractivity contribution is 5.92. The summed E-state index contributed by atoms with van der Waals surface area (Å²) in [5.41, 5.74) is 4.67. The molecule has 0 spiro atoms. The van der Waals surface area contributed by atoms with Gasteiger partial charge in [-0.2, -0.15) is 5.26 Å². The van der Waals surface area contributed by atoms with Crippen LogP contribution in [0.25, 0.3) is 0 Å². The van der Waals surface area contributed by atoms with Gasteiger partial charge < -0.3 is 15.0 Å². The molecule has 0 saturated carbocycles. The Labute approximate surface area is 155 Å². The molecule has 2 N–H and O–H groups in total. The highest BCUT2D eigenvalue weighted by Crippen LogP contribution is 2.17. The quantitative estimate of drug-likeness (QED) is 0.762. The number of amides is 1. The largest absolute Gasteiger partial charge is 0.379 e. The minimum Gasteiger partial charge on any atom is -0.379 e. The second-order valence-electron chi connectivity index (χ2n) is 6.41. The minimum absolute atomic E-state index is 0.0424. The lowest BCUT2D eigenvalue weighted by atomic mass is 10.1. The number of carbonyl (C=O) groups is 1. The van der Waals surface area contributed by atoms with Gasteiger partial charge in [-0.1, -0.05) is 30.3 Å². The first-order chi connectivity index (χ1) is 12.5. The zero-order valence-electron chi connectivity index (χ0n) is 15.6. The molecule has 0 aliphatic rings. The van der Waals surface area contributed by atoms with Crippen molar-refractivity contribution in [2.75, 3.05) is 32.1 Å². The standard InChI is InChI=1S/C21H25N3O2/c1-16-7-6-10-20(17(16)2)23-21(25)15-24(11-12-26-3)14-19-9-5-4-8-18(19)13-22/h4-10H,11-12,14-15H2,1-3H3,(H,23,25)/p+1. The summed E-state index contributed by atoms with van der Waals surface area (Å²) in [7, 11) is 1.65. The van der Waals surface area contributed by atoms with Crippen LogP contribution in [-0.4, -0.2) is 32.7 Å². The molecule has 0 aliphatic heterocycles. The van der Waals surface area contributed by atoms with Crippen LogP contribution in [0.4, 0.5) is 5.69 Å². The molecule has 0 saturated heterocycles. The lowest BCUT2D eigenvalue weighted by molar-refractivity contribution is -0.906. The first kappa shape index (κ1) is 19.6. The number of quaternary nitrogens is 1. The number of hydrogen-bond donors (Lipinski definition) is 2. The molecule has 0 radical (unpaired) electrons. The van der Waals surface area contributed by atoms with E-state index in [-0.39, 0.29) is 5.91 Å². The Balaban J connectivity index is 2.08. The van der Waals surface area contributed by atoms with Gasteiger partial charge in [0, 0.05) is 18.4 Å². The molecule has 136 valence electrons. The average Bonchev–Trinajstić information content (AvgIpc) is 2.64. The molecular formula is C21H26N3O2+. The van der Waals surface area contributed by atoms with E-state index in [2.05, 4.69) is 11.4 Å². The molecule has 5 heteroatoms. The highest BCUT2D eigenvalue weighted by Gasteiger charge is 2.17. The lowest BCUT2D eigenvalue weighted by Gasteiger charge is -2.20. The van der Waals surface area contributed by atoms with Crippen molar-refractivity contribution in [3.05, 3.63) is 64.7 Å². The average molecular weight is 352 g/mol. The van der Waals surface area contributed by atoms with Crippen LogP contribution in [0.3, 0.4) is 0 Å². The third-order valence-corrected chi connectivity index (χ3v) is 4.53. The summed E-state index contributed by atoms with van der Waals surface area (Å²) in [6.07, 6.45) is 0. The molecule has 2 aromatic rings. The number of hydrogen-bond acceptors (Lipinski definition) is 3. The van der Waals surface area contributed by atoms with Crippen LogP contribution in [0.1, 0.15) is 22.3 Å². The number of benzene rings is 2. The van der Waals surface area contributed by atoms with Crippen LogP contribution >= 0.6 is 0 Å². The van der Waals surface area contributed by atoms with Crippen molar-refractivity contribution in [2.45, 2.75) is 20.4 Å². The van der Waals surface area contributed by atoms with Gasteiger partial charge in [-0.25, -0.2) is 0 Å². The van der Waals surface area contributed by atoms with E-state index in [0.717, 1.165) is 27.3 Å². The van der Waals surface area contributed by atoms with Crippen LogP contribution in [0, 0.1) is 25.2 Å². The van der Waals surface area contributed by atoms with Crippen LogP contribution in [-0.2, 0) is 16.1 Å². The SMILES string of the molecule is COCC[NH+](CC(=O)Nc1cccc(C)c1C)Cc1ccccc1C#N. The van der Waals surface area contributed by atoms with Crippen LogP contribution in [0.15, 0.2) is 42.5 Å². The van der Waals surface area contributed by atoms with E-state index in [1.54, 1.807) is 13.2 Å². The Hall–Kier alpha value is -2.68. The number of nitrogens with zero attached hydrogens (tertiary/aromatic N) is 1. The van der Waals surface area contributed by atoms with E-state index in [4.69, 9.17) is 4.74 Å². The number of rotatable bonds is 8. The molecule has 26 heavy (non-hydrogen) atoms. The van der Waals surface area contributed by atoms with Gasteiger partial charge in [0.1, 0.15) is 13.1 Å². The van der Waals surface area contributed by atoms with E-state index < -0.39 is 0 Å². The number of carbonyl (C=O) groups excluding carboxylic acids is 1. The number of aryl methyl sites for hydroxylation is 1. The summed E-state index contributed by atoms with van der Waals surface area (Å²) in [6, 6.07) is 15.6. The van der Waals surface area contributed by atoms with Gasteiger partial charge in [0.05, 0.1) is 18.2 Å². The fourth-order valence-corrected chi connectivity index (χ4v) is 2.85. The molecule has 0 heterocycles. The van der Waals surface area contributed by atoms with Crippen molar-refractivity contribution in [1.82, 2.24) is 0 Å². The lowest BCUT2D eigenvalue weighted by Crippen LogP contribution is -3.12. The molecule has 1 amide bonds. The predicted octanol–water partition coefficient (Wildman–Crippen LogP) is 1.85. The molecule has 0 aromatic heterocycles. The number of nitrogens with one attached hydrogen (secondary N) is 2. The summed E-state index contributed by atoms with van der Waals surface area (Å²) in [5, 5.41) is 12.3. The van der Waals surface area contributed by atoms with E-state index >= 15 is 0 Å². The summed E-state index contributed by atoms with van der Waals surface area (Å²) in [5.74, 6) is -0.0424. The maximum absolute atomic E-state index is 12.6. The molecule has 1 unspecified atom stereocenters. The molecule has 1 atom stereocenters. The number of ether oxygens (including phenoxy) is 1. The summed E-state index contributed by atoms with van der Waals surface area (Å²) in [4.78, 5) is 13.6. The second-order valence-corrected chi connectivity index (χ2v) is 6.41. The monoisotopic (exact) mass is 352 g/mol. The van der Waals surface area contributed by atoms with Gasteiger partial charge in [-0.15, -0.1) is 0 Å². The number of anilines is 1.